The van der Waals surface area contributed by atoms with Crippen LogP contribution in [0, 0.1) is 5.41 Å². The second-order valence-corrected chi connectivity index (χ2v) is 4.07. The lowest BCUT2D eigenvalue weighted by Crippen LogP contribution is -2.63. The highest BCUT2D eigenvalue weighted by Crippen LogP contribution is 2.12. The molecule has 0 saturated carbocycles. The topological polar surface area (TPSA) is 53.9 Å². The molecule has 0 spiro atoms. The summed E-state index contributed by atoms with van der Waals surface area (Å²) in [6, 6.07) is -0.266. The van der Waals surface area contributed by atoms with Crippen molar-refractivity contribution in [2.75, 3.05) is 6.61 Å². The van der Waals surface area contributed by atoms with Crippen molar-refractivity contribution in [2.45, 2.75) is 33.7 Å². The van der Waals surface area contributed by atoms with E-state index in [0.717, 1.165) is 0 Å². The SMILES string of the molecule is C[C@H]([NH3+])C(=O)OCC(C)(C)C. The standard InChI is InChI=1S/C8H17NO2/c1-6(9)7(10)11-5-8(2,3)4/h6H,5,9H2,1-4H3/p+1/t6-/m0/s1. The molecular weight excluding hydrogens is 142 g/mol. The summed E-state index contributed by atoms with van der Waals surface area (Å²) in [4.78, 5) is 10.9. The van der Waals surface area contributed by atoms with Crippen molar-refractivity contribution in [2.24, 2.45) is 5.41 Å². The van der Waals surface area contributed by atoms with Crippen LogP contribution in [-0.4, -0.2) is 18.6 Å². The summed E-state index contributed by atoms with van der Waals surface area (Å²) < 4.78 is 4.97. The predicted molar refractivity (Wildman–Crippen MR) is 42.8 cm³/mol. The van der Waals surface area contributed by atoms with E-state index in [-0.39, 0.29) is 17.4 Å². The molecule has 3 N–H and O–H groups in total. The van der Waals surface area contributed by atoms with Crippen LogP contribution in [0.25, 0.3) is 0 Å². The van der Waals surface area contributed by atoms with Crippen molar-refractivity contribution in [1.82, 2.24) is 0 Å². The molecule has 0 saturated heterocycles. The molecule has 0 rings (SSSR count). The zero-order valence-electron chi connectivity index (χ0n) is 7.81. The fourth-order valence-electron chi connectivity index (χ4n) is 0.430. The van der Waals surface area contributed by atoms with Gasteiger partial charge in [0.2, 0.25) is 0 Å². The van der Waals surface area contributed by atoms with Gasteiger partial charge in [-0.15, -0.1) is 0 Å². The molecule has 0 unspecified atom stereocenters. The molecule has 0 aromatic carbocycles. The Morgan fingerprint density at radius 3 is 2.27 bits per heavy atom. The lowest BCUT2D eigenvalue weighted by atomic mass is 9.99. The van der Waals surface area contributed by atoms with Gasteiger partial charge in [-0.3, -0.25) is 0 Å². The largest absolute Gasteiger partial charge is 0.461 e. The average molecular weight is 160 g/mol. The predicted octanol–water partition coefficient (Wildman–Crippen LogP) is 0.206. The van der Waals surface area contributed by atoms with Crippen LogP contribution < -0.4 is 5.73 Å². The van der Waals surface area contributed by atoms with Crippen molar-refractivity contribution in [3.8, 4) is 0 Å². The molecular formula is C8H18NO2+. The summed E-state index contributed by atoms with van der Waals surface area (Å²) in [5.74, 6) is -0.222. The molecule has 0 aliphatic rings. The first-order chi connectivity index (χ1) is 4.83. The Bertz CT molecular complexity index is 136. The fourth-order valence-corrected chi connectivity index (χ4v) is 0.430. The first-order valence-corrected chi connectivity index (χ1v) is 3.82. The van der Waals surface area contributed by atoms with Crippen LogP contribution in [-0.2, 0) is 9.53 Å². The fraction of sp³-hybridized carbons (Fsp3) is 0.875. The van der Waals surface area contributed by atoms with Gasteiger partial charge in [0.05, 0.1) is 6.61 Å². The molecule has 0 aromatic rings. The molecule has 0 aromatic heterocycles. The maximum atomic E-state index is 10.9. The third-order valence-corrected chi connectivity index (χ3v) is 1.05. The zero-order valence-corrected chi connectivity index (χ0v) is 7.81. The van der Waals surface area contributed by atoms with E-state index in [1.807, 2.05) is 20.8 Å². The maximum absolute atomic E-state index is 10.9. The molecule has 3 heteroatoms. The first-order valence-electron chi connectivity index (χ1n) is 3.82. The molecule has 3 nitrogen and oxygen atoms in total. The number of quaternary nitrogens is 1. The highest BCUT2D eigenvalue weighted by molar-refractivity contribution is 5.73. The molecule has 0 heterocycles. The molecule has 0 aliphatic carbocycles. The summed E-state index contributed by atoms with van der Waals surface area (Å²) in [6.07, 6.45) is 0. The minimum atomic E-state index is -0.266. The second kappa shape index (κ2) is 3.72. The molecule has 0 bridgehead atoms. The van der Waals surface area contributed by atoms with Gasteiger partial charge in [0.15, 0.2) is 6.04 Å². The minimum Gasteiger partial charge on any atom is -0.461 e. The van der Waals surface area contributed by atoms with Gasteiger partial charge in [0, 0.05) is 0 Å². The lowest BCUT2D eigenvalue weighted by Gasteiger charge is -2.17. The third-order valence-electron chi connectivity index (χ3n) is 1.05. The van der Waals surface area contributed by atoms with Gasteiger partial charge in [-0.05, 0) is 12.3 Å². The van der Waals surface area contributed by atoms with Gasteiger partial charge >= 0.3 is 5.97 Å². The number of esters is 1. The Balaban J connectivity index is 3.64. The lowest BCUT2D eigenvalue weighted by molar-refractivity contribution is -0.403. The van der Waals surface area contributed by atoms with E-state index in [4.69, 9.17) is 4.74 Å². The smallest absolute Gasteiger partial charge is 0.364 e. The van der Waals surface area contributed by atoms with E-state index >= 15 is 0 Å². The molecule has 0 fully saturated rings. The van der Waals surface area contributed by atoms with Gasteiger partial charge < -0.3 is 10.5 Å². The Hall–Kier alpha value is -0.570. The molecule has 0 amide bonds. The minimum absolute atomic E-state index is 0.0462. The highest BCUT2D eigenvalue weighted by Gasteiger charge is 2.17. The summed E-state index contributed by atoms with van der Waals surface area (Å²) in [5.41, 5.74) is 3.61. The van der Waals surface area contributed by atoms with E-state index < -0.39 is 0 Å². The van der Waals surface area contributed by atoms with E-state index in [1.54, 1.807) is 6.92 Å². The van der Waals surface area contributed by atoms with E-state index in [1.165, 1.54) is 0 Å². The Morgan fingerprint density at radius 1 is 1.55 bits per heavy atom. The Labute approximate surface area is 67.9 Å². The van der Waals surface area contributed by atoms with Crippen LogP contribution in [0.5, 0.6) is 0 Å². The van der Waals surface area contributed by atoms with Gasteiger partial charge in [-0.2, -0.15) is 0 Å². The van der Waals surface area contributed by atoms with Gasteiger partial charge in [-0.1, -0.05) is 20.8 Å². The van der Waals surface area contributed by atoms with Gasteiger partial charge in [0.25, 0.3) is 0 Å². The number of hydrogen-bond acceptors (Lipinski definition) is 2. The summed E-state index contributed by atoms with van der Waals surface area (Å²) in [5, 5.41) is 0. The molecule has 1 atom stereocenters. The maximum Gasteiger partial charge on any atom is 0.364 e. The van der Waals surface area contributed by atoms with Crippen LogP contribution in [0.3, 0.4) is 0 Å². The van der Waals surface area contributed by atoms with Crippen LogP contribution in [0.2, 0.25) is 0 Å². The van der Waals surface area contributed by atoms with Crippen molar-refractivity contribution < 1.29 is 15.3 Å². The molecule has 0 radical (unpaired) electrons. The van der Waals surface area contributed by atoms with Gasteiger partial charge in [-0.25, -0.2) is 4.79 Å². The van der Waals surface area contributed by atoms with Gasteiger partial charge in [0.1, 0.15) is 0 Å². The summed E-state index contributed by atoms with van der Waals surface area (Å²) in [6.45, 7) is 8.26. The second-order valence-electron chi connectivity index (χ2n) is 4.07. The van der Waals surface area contributed by atoms with E-state index in [9.17, 15) is 4.79 Å². The normalized spacial score (nSPS) is 14.3. The first kappa shape index (κ1) is 10.4. The van der Waals surface area contributed by atoms with Crippen LogP contribution in [0.4, 0.5) is 0 Å². The number of ether oxygens (including phenoxy) is 1. The summed E-state index contributed by atoms with van der Waals surface area (Å²) >= 11 is 0. The number of carbonyl (C=O) groups excluding carboxylic acids is 1. The van der Waals surface area contributed by atoms with E-state index in [0.29, 0.717) is 6.61 Å². The molecule has 11 heavy (non-hydrogen) atoms. The van der Waals surface area contributed by atoms with Crippen molar-refractivity contribution >= 4 is 5.97 Å². The van der Waals surface area contributed by atoms with E-state index in [2.05, 4.69) is 5.73 Å². The highest BCUT2D eigenvalue weighted by atomic mass is 16.5. The number of hydrogen-bond donors (Lipinski definition) is 1. The Morgan fingerprint density at radius 2 is 2.00 bits per heavy atom. The zero-order chi connectivity index (χ0) is 9.07. The quantitative estimate of drug-likeness (QED) is 0.587. The van der Waals surface area contributed by atoms with Crippen LogP contribution in [0.1, 0.15) is 27.7 Å². The molecule has 66 valence electrons. The number of rotatable bonds is 2. The summed E-state index contributed by atoms with van der Waals surface area (Å²) in [7, 11) is 0. The number of carbonyl (C=O) groups is 1. The van der Waals surface area contributed by atoms with Crippen molar-refractivity contribution in [3.63, 3.8) is 0 Å². The molecule has 0 aliphatic heterocycles. The average Bonchev–Trinajstić information content (AvgIpc) is 1.80. The monoisotopic (exact) mass is 160 g/mol. The van der Waals surface area contributed by atoms with Crippen LogP contribution >= 0.6 is 0 Å². The van der Waals surface area contributed by atoms with Crippen molar-refractivity contribution in [3.05, 3.63) is 0 Å². The Kier molecular flexibility index (Phi) is 3.52. The van der Waals surface area contributed by atoms with Crippen molar-refractivity contribution in [1.29, 1.82) is 0 Å². The third kappa shape index (κ3) is 5.85. The van der Waals surface area contributed by atoms with Crippen LogP contribution in [0.15, 0.2) is 0 Å².